The average molecular weight is 445 g/mol. The fourth-order valence-corrected chi connectivity index (χ4v) is 2.70. The zero-order valence-corrected chi connectivity index (χ0v) is 17.6. The van der Waals surface area contributed by atoms with Gasteiger partial charge in [0.25, 0.3) is 11.8 Å². The number of carbonyl (C=O) groups is 1. The second-order valence-electron chi connectivity index (χ2n) is 6.07. The number of aromatic nitrogens is 2. The topological polar surface area (TPSA) is 94.9 Å². The molecule has 0 fully saturated rings. The number of oxime groups is 1. The molecule has 0 aliphatic carbocycles. The van der Waals surface area contributed by atoms with E-state index >= 15 is 0 Å². The highest BCUT2D eigenvalue weighted by Crippen LogP contribution is 2.31. The molecule has 0 atom stereocenters. The molecule has 31 heavy (non-hydrogen) atoms. The highest BCUT2D eigenvalue weighted by molar-refractivity contribution is 6.45. The Hall–Kier alpha value is -3.72. The van der Waals surface area contributed by atoms with Gasteiger partial charge < -0.3 is 19.6 Å². The van der Waals surface area contributed by atoms with Crippen LogP contribution in [0.4, 0.5) is 4.39 Å². The maximum atomic E-state index is 14.4. The van der Waals surface area contributed by atoms with Crippen LogP contribution in [0.1, 0.15) is 11.1 Å². The Morgan fingerprint density at radius 1 is 1.13 bits per heavy atom. The minimum atomic E-state index is -0.824. The molecule has 0 aliphatic rings. The largest absolute Gasteiger partial charge is 0.436 e. The molecule has 2 aromatic carbocycles. The van der Waals surface area contributed by atoms with Crippen LogP contribution in [-0.4, -0.2) is 35.7 Å². The SMILES string of the molecule is CNC(=O)C(=NOC)c1ccccc1Oc1nc(Oc2cccc(Cl)c2C)ncc1F. The lowest BCUT2D eigenvalue weighted by Crippen LogP contribution is -2.28. The summed E-state index contributed by atoms with van der Waals surface area (Å²) in [5.41, 5.74) is 0.895. The Morgan fingerprint density at radius 2 is 1.87 bits per heavy atom. The summed E-state index contributed by atoms with van der Waals surface area (Å²) < 4.78 is 25.7. The number of amides is 1. The molecule has 8 nitrogen and oxygen atoms in total. The first kappa shape index (κ1) is 22.0. The van der Waals surface area contributed by atoms with Crippen molar-refractivity contribution in [3.8, 4) is 23.4 Å². The zero-order valence-electron chi connectivity index (χ0n) is 16.8. The van der Waals surface area contributed by atoms with E-state index in [1.165, 1.54) is 20.2 Å². The van der Waals surface area contributed by atoms with Crippen molar-refractivity contribution in [2.75, 3.05) is 14.2 Å². The van der Waals surface area contributed by atoms with Crippen molar-refractivity contribution in [3.63, 3.8) is 0 Å². The van der Waals surface area contributed by atoms with E-state index < -0.39 is 17.6 Å². The van der Waals surface area contributed by atoms with E-state index in [1.807, 2.05) is 0 Å². The van der Waals surface area contributed by atoms with Gasteiger partial charge in [-0.2, -0.15) is 9.37 Å². The molecular weight excluding hydrogens is 427 g/mol. The number of benzene rings is 2. The maximum absolute atomic E-state index is 14.4. The summed E-state index contributed by atoms with van der Waals surface area (Å²) in [4.78, 5) is 24.8. The Kier molecular flexibility index (Phi) is 6.99. The standard InChI is InChI=1S/C21H18ClFN4O4/c1-12-14(22)8-6-10-16(12)31-21-25-11-15(23)20(26-21)30-17-9-5-4-7-13(17)18(27-29-3)19(28)24-2/h4-11H,1-3H3,(H,24,28). The lowest BCUT2D eigenvalue weighted by molar-refractivity contribution is -0.114. The third-order valence-electron chi connectivity index (χ3n) is 4.08. The minimum Gasteiger partial charge on any atom is -0.436 e. The number of likely N-dealkylation sites (N-methyl/N-ethyl adjacent to an activating group) is 1. The lowest BCUT2D eigenvalue weighted by atomic mass is 10.1. The molecule has 3 rings (SSSR count). The van der Waals surface area contributed by atoms with E-state index in [0.29, 0.717) is 16.3 Å². The normalized spacial score (nSPS) is 11.1. The van der Waals surface area contributed by atoms with Crippen molar-refractivity contribution in [1.82, 2.24) is 15.3 Å². The van der Waals surface area contributed by atoms with Crippen LogP contribution in [0.15, 0.2) is 53.8 Å². The second kappa shape index (κ2) is 9.86. The van der Waals surface area contributed by atoms with Crippen molar-refractivity contribution in [3.05, 3.63) is 70.6 Å². The van der Waals surface area contributed by atoms with Gasteiger partial charge in [0.2, 0.25) is 5.82 Å². The highest BCUT2D eigenvalue weighted by atomic mass is 35.5. The molecule has 0 saturated carbocycles. The van der Waals surface area contributed by atoms with Crippen LogP contribution in [0.3, 0.4) is 0 Å². The van der Waals surface area contributed by atoms with Gasteiger partial charge in [0, 0.05) is 17.6 Å². The van der Waals surface area contributed by atoms with Crippen LogP contribution >= 0.6 is 11.6 Å². The monoisotopic (exact) mass is 444 g/mol. The fourth-order valence-electron chi connectivity index (χ4n) is 2.53. The number of nitrogens with one attached hydrogen (secondary N) is 1. The molecule has 1 amide bonds. The van der Waals surface area contributed by atoms with Crippen LogP contribution in [0.5, 0.6) is 23.4 Å². The van der Waals surface area contributed by atoms with E-state index in [-0.39, 0.29) is 23.0 Å². The predicted octanol–water partition coefficient (Wildman–Crippen LogP) is 4.26. The van der Waals surface area contributed by atoms with Gasteiger partial charge in [-0.15, -0.1) is 0 Å². The van der Waals surface area contributed by atoms with Crippen LogP contribution in [0.2, 0.25) is 5.02 Å². The molecule has 1 aromatic heterocycles. The summed E-state index contributed by atoms with van der Waals surface area (Å²) >= 11 is 6.09. The molecule has 1 N–H and O–H groups in total. The Bertz CT molecular complexity index is 1140. The van der Waals surface area contributed by atoms with E-state index in [1.54, 1.807) is 43.3 Å². The highest BCUT2D eigenvalue weighted by Gasteiger charge is 2.20. The average Bonchev–Trinajstić information content (AvgIpc) is 2.77. The van der Waals surface area contributed by atoms with Crippen LogP contribution < -0.4 is 14.8 Å². The molecule has 0 unspecified atom stereocenters. The van der Waals surface area contributed by atoms with Gasteiger partial charge in [0.1, 0.15) is 18.6 Å². The smallest absolute Gasteiger partial charge is 0.325 e. The predicted molar refractivity (Wildman–Crippen MR) is 112 cm³/mol. The van der Waals surface area contributed by atoms with Crippen molar-refractivity contribution in [1.29, 1.82) is 0 Å². The molecule has 160 valence electrons. The number of para-hydroxylation sites is 1. The minimum absolute atomic E-state index is 0.0545. The molecule has 0 bridgehead atoms. The zero-order chi connectivity index (χ0) is 22.4. The number of hydrogen-bond acceptors (Lipinski definition) is 7. The van der Waals surface area contributed by atoms with Gasteiger partial charge >= 0.3 is 6.01 Å². The number of halogens is 2. The van der Waals surface area contributed by atoms with E-state index in [2.05, 4.69) is 20.4 Å². The number of ether oxygens (including phenoxy) is 2. The van der Waals surface area contributed by atoms with Gasteiger partial charge in [-0.3, -0.25) is 4.79 Å². The van der Waals surface area contributed by atoms with E-state index in [0.717, 1.165) is 6.20 Å². The Balaban J connectivity index is 1.95. The summed E-state index contributed by atoms with van der Waals surface area (Å²) in [7, 11) is 2.75. The number of hydrogen-bond donors (Lipinski definition) is 1. The van der Waals surface area contributed by atoms with Gasteiger partial charge in [-0.1, -0.05) is 35.0 Å². The summed E-state index contributed by atoms with van der Waals surface area (Å²) in [5, 5.41) is 6.71. The van der Waals surface area contributed by atoms with E-state index in [9.17, 15) is 9.18 Å². The molecule has 10 heteroatoms. The molecule has 0 aliphatic heterocycles. The number of carbonyl (C=O) groups excluding carboxylic acids is 1. The van der Waals surface area contributed by atoms with Crippen LogP contribution in [0, 0.1) is 12.7 Å². The maximum Gasteiger partial charge on any atom is 0.325 e. The lowest BCUT2D eigenvalue weighted by Gasteiger charge is -2.13. The molecule has 0 spiro atoms. The molecule has 1 heterocycles. The van der Waals surface area contributed by atoms with E-state index in [4.69, 9.17) is 25.9 Å². The number of rotatable bonds is 7. The first-order valence-corrected chi connectivity index (χ1v) is 9.38. The Morgan fingerprint density at radius 3 is 2.61 bits per heavy atom. The third kappa shape index (κ3) is 5.07. The molecular formula is C21H18ClFN4O4. The van der Waals surface area contributed by atoms with Crippen molar-refractivity contribution in [2.24, 2.45) is 5.16 Å². The van der Waals surface area contributed by atoms with Crippen molar-refractivity contribution < 1.29 is 23.5 Å². The van der Waals surface area contributed by atoms with Gasteiger partial charge in [0.15, 0.2) is 5.71 Å². The van der Waals surface area contributed by atoms with Crippen molar-refractivity contribution in [2.45, 2.75) is 6.92 Å². The summed E-state index contributed by atoms with van der Waals surface area (Å²) in [5.74, 6) is -1.19. The summed E-state index contributed by atoms with van der Waals surface area (Å²) in [6.45, 7) is 1.77. The fraction of sp³-hybridized carbons (Fsp3) is 0.143. The quantitative estimate of drug-likeness (QED) is 0.432. The second-order valence-corrected chi connectivity index (χ2v) is 6.48. The summed E-state index contributed by atoms with van der Waals surface area (Å²) in [6, 6.07) is 11.4. The molecule has 0 saturated heterocycles. The molecule has 3 aromatic rings. The van der Waals surface area contributed by atoms with Gasteiger partial charge in [0.05, 0.1) is 11.8 Å². The molecule has 0 radical (unpaired) electrons. The first-order valence-electron chi connectivity index (χ1n) is 9.00. The number of nitrogens with zero attached hydrogens (tertiary/aromatic N) is 3. The van der Waals surface area contributed by atoms with Crippen molar-refractivity contribution >= 4 is 23.2 Å². The Labute approximate surface area is 182 Å². The van der Waals surface area contributed by atoms with Gasteiger partial charge in [-0.25, -0.2) is 4.98 Å². The third-order valence-corrected chi connectivity index (χ3v) is 4.49. The summed E-state index contributed by atoms with van der Waals surface area (Å²) in [6.07, 6.45) is 0.920. The first-order chi connectivity index (χ1) is 14.9. The van der Waals surface area contributed by atoms with Crippen LogP contribution in [-0.2, 0) is 9.63 Å². The van der Waals surface area contributed by atoms with Crippen LogP contribution in [0.25, 0.3) is 0 Å². The van der Waals surface area contributed by atoms with Gasteiger partial charge in [-0.05, 0) is 31.2 Å².